The molecular weight excluding hydrogens is 292 g/mol. The third-order valence-electron chi connectivity index (χ3n) is 4.41. The largest absolute Gasteiger partial charge is 0.370 e. The summed E-state index contributed by atoms with van der Waals surface area (Å²) in [6, 6.07) is 7.77. The number of hydrogen-bond acceptors (Lipinski definition) is 4. The molecular formula is C17H22N4O2. The van der Waals surface area contributed by atoms with Crippen LogP contribution in [0.5, 0.6) is 0 Å². The molecule has 0 radical (unpaired) electrons. The van der Waals surface area contributed by atoms with Gasteiger partial charge in [0.25, 0.3) is 5.91 Å². The van der Waals surface area contributed by atoms with E-state index in [1.165, 1.54) is 24.3 Å². The Morgan fingerprint density at radius 1 is 1.22 bits per heavy atom. The minimum absolute atomic E-state index is 0.282. The number of carbonyl (C=O) groups is 2. The van der Waals surface area contributed by atoms with Crippen molar-refractivity contribution in [3.63, 3.8) is 0 Å². The number of nitrogens with zero attached hydrogens (tertiary/aromatic N) is 3. The Bertz CT molecular complexity index is 650. The number of piperidine rings is 1. The molecule has 0 aromatic heterocycles. The molecule has 0 unspecified atom stereocenters. The van der Waals surface area contributed by atoms with Crippen LogP contribution in [-0.2, 0) is 9.59 Å². The Kier molecular flexibility index (Phi) is 4.32. The van der Waals surface area contributed by atoms with Crippen molar-refractivity contribution in [2.45, 2.75) is 26.2 Å². The molecule has 2 heterocycles. The summed E-state index contributed by atoms with van der Waals surface area (Å²) in [5.41, 5.74) is 2.31. The van der Waals surface area contributed by atoms with Crippen LogP contribution >= 0.6 is 0 Å². The number of para-hydroxylation sites is 2. The summed E-state index contributed by atoms with van der Waals surface area (Å²) < 4.78 is 0. The molecule has 1 aromatic rings. The Morgan fingerprint density at radius 3 is 2.57 bits per heavy atom. The van der Waals surface area contributed by atoms with Gasteiger partial charge in [-0.05, 0) is 38.3 Å². The summed E-state index contributed by atoms with van der Waals surface area (Å²) in [7, 11) is 1.57. The number of rotatable bonds is 3. The zero-order chi connectivity index (χ0) is 16.4. The first-order valence-corrected chi connectivity index (χ1v) is 8.05. The van der Waals surface area contributed by atoms with Gasteiger partial charge in [-0.1, -0.05) is 12.1 Å². The number of anilines is 2. The summed E-state index contributed by atoms with van der Waals surface area (Å²) in [5, 5.41) is 8.21. The first-order valence-electron chi connectivity index (χ1n) is 8.05. The molecule has 6 heteroatoms. The van der Waals surface area contributed by atoms with E-state index in [2.05, 4.69) is 15.3 Å². The lowest BCUT2D eigenvalue weighted by Gasteiger charge is -2.30. The highest BCUT2D eigenvalue weighted by Gasteiger charge is 2.37. The van der Waals surface area contributed by atoms with Crippen molar-refractivity contribution >= 4 is 28.9 Å². The van der Waals surface area contributed by atoms with Gasteiger partial charge in [0, 0.05) is 20.1 Å². The van der Waals surface area contributed by atoms with E-state index in [0.29, 0.717) is 5.71 Å². The van der Waals surface area contributed by atoms with Crippen LogP contribution in [0.15, 0.2) is 29.4 Å². The second-order valence-corrected chi connectivity index (χ2v) is 6.09. The van der Waals surface area contributed by atoms with Gasteiger partial charge in [0.2, 0.25) is 5.91 Å². The summed E-state index contributed by atoms with van der Waals surface area (Å²) >= 11 is 0. The molecule has 1 aromatic carbocycles. The summed E-state index contributed by atoms with van der Waals surface area (Å²) in [6.45, 7) is 3.71. The van der Waals surface area contributed by atoms with Gasteiger partial charge in [-0.15, -0.1) is 0 Å². The van der Waals surface area contributed by atoms with Crippen molar-refractivity contribution in [2.24, 2.45) is 11.0 Å². The van der Waals surface area contributed by atoms with E-state index in [9.17, 15) is 9.59 Å². The third kappa shape index (κ3) is 3.06. The second kappa shape index (κ2) is 6.40. The van der Waals surface area contributed by atoms with Crippen LogP contribution < -0.4 is 10.2 Å². The van der Waals surface area contributed by atoms with Gasteiger partial charge < -0.3 is 10.2 Å². The van der Waals surface area contributed by atoms with Crippen LogP contribution in [0.1, 0.15) is 26.2 Å². The van der Waals surface area contributed by atoms with Gasteiger partial charge in [-0.25, -0.2) is 5.01 Å². The van der Waals surface area contributed by atoms with E-state index in [-0.39, 0.29) is 11.8 Å². The maximum atomic E-state index is 12.6. The lowest BCUT2D eigenvalue weighted by Crippen LogP contribution is -2.36. The molecule has 1 fully saturated rings. The van der Waals surface area contributed by atoms with E-state index < -0.39 is 5.92 Å². The lowest BCUT2D eigenvalue weighted by atomic mass is 10.0. The van der Waals surface area contributed by atoms with Gasteiger partial charge in [0.05, 0.1) is 17.1 Å². The van der Waals surface area contributed by atoms with Gasteiger partial charge in [0.15, 0.2) is 5.92 Å². The van der Waals surface area contributed by atoms with Crippen molar-refractivity contribution in [1.82, 2.24) is 5.01 Å². The van der Waals surface area contributed by atoms with Crippen LogP contribution in [0, 0.1) is 5.92 Å². The average molecular weight is 314 g/mol. The first kappa shape index (κ1) is 15.5. The Balaban J connectivity index is 1.79. The van der Waals surface area contributed by atoms with Gasteiger partial charge >= 0.3 is 0 Å². The van der Waals surface area contributed by atoms with Gasteiger partial charge in [0.1, 0.15) is 0 Å². The third-order valence-corrected chi connectivity index (χ3v) is 4.41. The van der Waals surface area contributed by atoms with Gasteiger partial charge in [-0.3, -0.25) is 9.59 Å². The highest BCUT2D eigenvalue weighted by Crippen LogP contribution is 2.29. The molecule has 1 N–H and O–H groups in total. The number of hydrogen-bond donors (Lipinski definition) is 1. The molecule has 0 aliphatic carbocycles. The molecule has 0 bridgehead atoms. The topological polar surface area (TPSA) is 65.0 Å². The van der Waals surface area contributed by atoms with Crippen LogP contribution in [0.25, 0.3) is 0 Å². The number of amides is 2. The highest BCUT2D eigenvalue weighted by molar-refractivity contribution is 6.24. The molecule has 23 heavy (non-hydrogen) atoms. The van der Waals surface area contributed by atoms with E-state index in [1.54, 1.807) is 14.0 Å². The van der Waals surface area contributed by atoms with Crippen molar-refractivity contribution in [1.29, 1.82) is 0 Å². The molecule has 2 aliphatic rings. The minimum Gasteiger partial charge on any atom is -0.370 e. The maximum Gasteiger partial charge on any atom is 0.260 e. The summed E-state index contributed by atoms with van der Waals surface area (Å²) in [4.78, 5) is 26.9. The molecule has 6 nitrogen and oxygen atoms in total. The Hall–Kier alpha value is -2.37. The highest BCUT2D eigenvalue weighted by atomic mass is 16.2. The fourth-order valence-corrected chi connectivity index (χ4v) is 3.21. The Morgan fingerprint density at radius 2 is 1.91 bits per heavy atom. The quantitative estimate of drug-likeness (QED) is 0.869. The van der Waals surface area contributed by atoms with Crippen LogP contribution in [0.4, 0.5) is 11.4 Å². The van der Waals surface area contributed by atoms with Crippen LogP contribution in [0.2, 0.25) is 0 Å². The van der Waals surface area contributed by atoms with E-state index in [4.69, 9.17) is 0 Å². The van der Waals surface area contributed by atoms with Crippen molar-refractivity contribution in [3.8, 4) is 0 Å². The molecule has 2 amide bonds. The van der Waals surface area contributed by atoms with E-state index in [1.807, 2.05) is 24.3 Å². The normalized spacial score (nSPS) is 21.4. The molecule has 2 aliphatic heterocycles. The Labute approximate surface area is 136 Å². The zero-order valence-electron chi connectivity index (χ0n) is 13.6. The van der Waals surface area contributed by atoms with Crippen molar-refractivity contribution in [3.05, 3.63) is 24.3 Å². The van der Waals surface area contributed by atoms with Crippen molar-refractivity contribution in [2.75, 3.05) is 30.4 Å². The smallest absolute Gasteiger partial charge is 0.260 e. The minimum atomic E-state index is -0.825. The first-order chi connectivity index (χ1) is 11.1. The summed E-state index contributed by atoms with van der Waals surface area (Å²) in [6.07, 6.45) is 3.59. The lowest BCUT2D eigenvalue weighted by molar-refractivity contribution is -0.134. The predicted molar refractivity (Wildman–Crippen MR) is 90.5 cm³/mol. The fourth-order valence-electron chi connectivity index (χ4n) is 3.21. The van der Waals surface area contributed by atoms with Crippen molar-refractivity contribution < 1.29 is 9.59 Å². The molecule has 1 atom stereocenters. The van der Waals surface area contributed by atoms with E-state index in [0.717, 1.165) is 24.5 Å². The zero-order valence-corrected chi connectivity index (χ0v) is 13.6. The molecule has 122 valence electrons. The second-order valence-electron chi connectivity index (χ2n) is 6.09. The molecule has 3 rings (SSSR count). The molecule has 0 spiro atoms. The van der Waals surface area contributed by atoms with Crippen LogP contribution in [0.3, 0.4) is 0 Å². The van der Waals surface area contributed by atoms with Crippen LogP contribution in [-0.4, -0.2) is 42.7 Å². The molecule has 0 saturated carbocycles. The standard InChI is InChI=1S/C17H22N4O2/c1-12-15(17(23)20(2)19-12)16(22)18-13-8-4-5-9-14(13)21-10-6-3-7-11-21/h4-5,8-9,15H,3,6-7,10-11H2,1-2H3,(H,18,22)/t15-/m0/s1. The number of benzene rings is 1. The average Bonchev–Trinajstić information content (AvgIpc) is 2.81. The predicted octanol–water partition coefficient (Wildman–Crippen LogP) is 2.08. The molecule has 1 saturated heterocycles. The number of carbonyl (C=O) groups excluding carboxylic acids is 2. The SMILES string of the molecule is CC1=NN(C)C(=O)[C@@H]1C(=O)Nc1ccccc1N1CCCCC1. The monoisotopic (exact) mass is 314 g/mol. The van der Waals surface area contributed by atoms with E-state index >= 15 is 0 Å². The number of hydrazone groups is 1. The summed E-state index contributed by atoms with van der Waals surface area (Å²) in [5.74, 6) is -1.42. The fraction of sp³-hybridized carbons (Fsp3) is 0.471. The maximum absolute atomic E-state index is 12.6. The van der Waals surface area contributed by atoms with Gasteiger partial charge in [-0.2, -0.15) is 5.10 Å². The number of nitrogens with one attached hydrogen (secondary N) is 1.